The molecule has 0 bridgehead atoms. The standard InChI is InChI=1S/C14H19Cl2FN2S/c1-10(11-8-14(17)13(16)9-12(11)15)18-2-3-19-4-6-20-7-5-19/h8-10,18H,2-7H2,1H3. The average Bonchev–Trinajstić information content (AvgIpc) is 2.44. The van der Waals surface area contributed by atoms with Crippen molar-refractivity contribution >= 4 is 35.0 Å². The van der Waals surface area contributed by atoms with E-state index in [9.17, 15) is 4.39 Å². The van der Waals surface area contributed by atoms with Crippen LogP contribution in [0.25, 0.3) is 0 Å². The number of halogens is 3. The van der Waals surface area contributed by atoms with Gasteiger partial charge in [0.15, 0.2) is 0 Å². The maximum absolute atomic E-state index is 13.5. The van der Waals surface area contributed by atoms with Gasteiger partial charge in [-0.2, -0.15) is 11.8 Å². The second-order valence-corrected chi connectivity index (χ2v) is 6.96. The lowest BCUT2D eigenvalue weighted by atomic mass is 10.1. The van der Waals surface area contributed by atoms with Crippen molar-refractivity contribution in [2.24, 2.45) is 0 Å². The first-order valence-electron chi connectivity index (χ1n) is 6.76. The van der Waals surface area contributed by atoms with E-state index >= 15 is 0 Å². The van der Waals surface area contributed by atoms with Crippen molar-refractivity contribution in [2.75, 3.05) is 37.7 Å². The molecular weight excluding hydrogens is 318 g/mol. The quantitative estimate of drug-likeness (QED) is 0.822. The van der Waals surface area contributed by atoms with E-state index in [0.29, 0.717) is 5.02 Å². The summed E-state index contributed by atoms with van der Waals surface area (Å²) in [5.74, 6) is 2.00. The largest absolute Gasteiger partial charge is 0.309 e. The normalized spacial score (nSPS) is 18.2. The van der Waals surface area contributed by atoms with Crippen molar-refractivity contribution in [3.63, 3.8) is 0 Å². The summed E-state index contributed by atoms with van der Waals surface area (Å²) < 4.78 is 13.5. The van der Waals surface area contributed by atoms with Crippen LogP contribution in [0.4, 0.5) is 4.39 Å². The fraction of sp³-hybridized carbons (Fsp3) is 0.571. The summed E-state index contributed by atoms with van der Waals surface area (Å²) in [7, 11) is 0. The maximum Gasteiger partial charge on any atom is 0.142 e. The van der Waals surface area contributed by atoms with Gasteiger partial charge in [0.25, 0.3) is 0 Å². The molecule has 1 unspecified atom stereocenters. The van der Waals surface area contributed by atoms with Gasteiger partial charge in [-0.1, -0.05) is 23.2 Å². The summed E-state index contributed by atoms with van der Waals surface area (Å²) in [6, 6.07) is 2.89. The molecule has 6 heteroatoms. The molecule has 1 fully saturated rings. The first-order chi connectivity index (χ1) is 9.58. The molecule has 1 saturated heterocycles. The van der Waals surface area contributed by atoms with Crippen LogP contribution < -0.4 is 5.32 Å². The Kier molecular flexibility index (Phi) is 6.43. The smallest absolute Gasteiger partial charge is 0.142 e. The van der Waals surface area contributed by atoms with E-state index in [4.69, 9.17) is 23.2 Å². The van der Waals surface area contributed by atoms with E-state index in [1.54, 1.807) is 0 Å². The fourth-order valence-electron chi connectivity index (χ4n) is 2.24. The van der Waals surface area contributed by atoms with Gasteiger partial charge in [0.2, 0.25) is 0 Å². The fourth-order valence-corrected chi connectivity index (χ4v) is 3.77. The van der Waals surface area contributed by atoms with Gasteiger partial charge < -0.3 is 10.2 Å². The Morgan fingerprint density at radius 1 is 1.30 bits per heavy atom. The number of nitrogens with one attached hydrogen (secondary N) is 1. The van der Waals surface area contributed by atoms with Crippen LogP contribution in [0.3, 0.4) is 0 Å². The number of hydrogen-bond donors (Lipinski definition) is 1. The lowest BCUT2D eigenvalue weighted by Gasteiger charge is -2.27. The van der Waals surface area contributed by atoms with E-state index in [2.05, 4.69) is 10.2 Å². The third-order valence-electron chi connectivity index (χ3n) is 3.49. The molecule has 1 aliphatic heterocycles. The molecule has 1 N–H and O–H groups in total. The van der Waals surface area contributed by atoms with Crippen LogP contribution in [-0.2, 0) is 0 Å². The lowest BCUT2D eigenvalue weighted by Crippen LogP contribution is -2.38. The monoisotopic (exact) mass is 336 g/mol. The summed E-state index contributed by atoms with van der Waals surface area (Å²) in [4.78, 5) is 2.44. The average molecular weight is 337 g/mol. The number of hydrogen-bond acceptors (Lipinski definition) is 3. The molecule has 1 aromatic carbocycles. The summed E-state index contributed by atoms with van der Waals surface area (Å²) in [5.41, 5.74) is 0.753. The van der Waals surface area contributed by atoms with Crippen LogP contribution in [0.15, 0.2) is 12.1 Å². The highest BCUT2D eigenvalue weighted by atomic mass is 35.5. The molecule has 1 atom stereocenters. The second-order valence-electron chi connectivity index (χ2n) is 4.92. The molecule has 0 aromatic heterocycles. The Morgan fingerprint density at radius 2 is 2.00 bits per heavy atom. The van der Waals surface area contributed by atoms with Gasteiger partial charge in [0.05, 0.1) is 5.02 Å². The number of nitrogens with zero attached hydrogens (tertiary/aromatic N) is 1. The minimum Gasteiger partial charge on any atom is -0.309 e. The highest BCUT2D eigenvalue weighted by Crippen LogP contribution is 2.28. The zero-order valence-corrected chi connectivity index (χ0v) is 13.8. The lowest BCUT2D eigenvalue weighted by molar-refractivity contribution is 0.296. The van der Waals surface area contributed by atoms with Gasteiger partial charge in [0.1, 0.15) is 5.82 Å². The summed E-state index contributed by atoms with van der Waals surface area (Å²) >= 11 is 13.8. The molecule has 0 saturated carbocycles. The predicted octanol–water partition coefficient (Wildman–Crippen LogP) is 3.83. The van der Waals surface area contributed by atoms with Gasteiger partial charge >= 0.3 is 0 Å². The Bertz CT molecular complexity index is 453. The summed E-state index contributed by atoms with van der Waals surface area (Å²) in [5, 5.41) is 3.96. The van der Waals surface area contributed by atoms with E-state index in [1.807, 2.05) is 18.7 Å². The third-order valence-corrected chi connectivity index (χ3v) is 5.05. The molecule has 0 aliphatic carbocycles. The van der Waals surface area contributed by atoms with E-state index in [1.165, 1.54) is 23.6 Å². The number of rotatable bonds is 5. The van der Waals surface area contributed by atoms with Gasteiger partial charge in [-0.3, -0.25) is 0 Å². The van der Waals surface area contributed by atoms with E-state index < -0.39 is 5.82 Å². The van der Waals surface area contributed by atoms with Crippen molar-refractivity contribution in [2.45, 2.75) is 13.0 Å². The molecule has 20 heavy (non-hydrogen) atoms. The van der Waals surface area contributed by atoms with Crippen molar-refractivity contribution in [3.8, 4) is 0 Å². The molecule has 0 spiro atoms. The number of thioether (sulfide) groups is 1. The molecule has 112 valence electrons. The first kappa shape index (κ1) is 16.4. The molecule has 0 amide bonds. The predicted molar refractivity (Wildman–Crippen MR) is 86.6 cm³/mol. The topological polar surface area (TPSA) is 15.3 Å². The van der Waals surface area contributed by atoms with Crippen LogP contribution in [0.1, 0.15) is 18.5 Å². The minimum atomic E-state index is -0.423. The maximum atomic E-state index is 13.5. The van der Waals surface area contributed by atoms with Crippen LogP contribution in [-0.4, -0.2) is 42.6 Å². The Hall–Kier alpha value is -0.000000000000000111. The molecule has 2 nitrogen and oxygen atoms in total. The zero-order chi connectivity index (χ0) is 14.5. The Balaban J connectivity index is 1.85. The number of benzene rings is 1. The molecule has 1 aromatic rings. The molecular formula is C14H19Cl2FN2S. The highest BCUT2D eigenvalue weighted by Gasteiger charge is 2.14. The zero-order valence-electron chi connectivity index (χ0n) is 11.5. The molecule has 0 radical (unpaired) electrons. The van der Waals surface area contributed by atoms with Crippen molar-refractivity contribution in [1.82, 2.24) is 10.2 Å². The Morgan fingerprint density at radius 3 is 2.70 bits per heavy atom. The first-order valence-corrected chi connectivity index (χ1v) is 8.67. The molecule has 2 rings (SSSR count). The Labute approximate surface area is 134 Å². The van der Waals surface area contributed by atoms with Crippen molar-refractivity contribution < 1.29 is 4.39 Å². The SMILES string of the molecule is CC(NCCN1CCSCC1)c1cc(F)c(Cl)cc1Cl. The van der Waals surface area contributed by atoms with Crippen LogP contribution in [0.5, 0.6) is 0 Å². The van der Waals surface area contributed by atoms with Gasteiger partial charge in [0, 0.05) is 48.7 Å². The molecule has 1 aliphatic rings. The van der Waals surface area contributed by atoms with E-state index in [0.717, 1.165) is 31.7 Å². The van der Waals surface area contributed by atoms with Gasteiger partial charge in [-0.15, -0.1) is 0 Å². The summed E-state index contributed by atoms with van der Waals surface area (Å²) in [6.07, 6.45) is 0. The van der Waals surface area contributed by atoms with Crippen molar-refractivity contribution in [3.05, 3.63) is 33.6 Å². The van der Waals surface area contributed by atoms with Gasteiger partial charge in [-0.05, 0) is 24.6 Å². The second kappa shape index (κ2) is 7.85. The van der Waals surface area contributed by atoms with Crippen LogP contribution >= 0.6 is 35.0 Å². The van der Waals surface area contributed by atoms with Crippen molar-refractivity contribution in [1.29, 1.82) is 0 Å². The minimum absolute atomic E-state index is 0.00781. The van der Waals surface area contributed by atoms with Crippen LogP contribution in [0, 0.1) is 5.82 Å². The van der Waals surface area contributed by atoms with Gasteiger partial charge in [-0.25, -0.2) is 4.39 Å². The molecule has 1 heterocycles. The highest BCUT2D eigenvalue weighted by molar-refractivity contribution is 7.99. The van der Waals surface area contributed by atoms with E-state index in [-0.39, 0.29) is 11.1 Å². The summed E-state index contributed by atoms with van der Waals surface area (Å²) in [6.45, 7) is 6.17. The third kappa shape index (κ3) is 4.50. The van der Waals surface area contributed by atoms with Crippen LogP contribution in [0.2, 0.25) is 10.0 Å².